The van der Waals surface area contributed by atoms with E-state index in [0.717, 1.165) is 12.2 Å². The first-order chi connectivity index (χ1) is 9.92. The molecule has 21 heavy (non-hydrogen) atoms. The lowest BCUT2D eigenvalue weighted by atomic mass is 10.3. The lowest BCUT2D eigenvalue weighted by Crippen LogP contribution is -2.13. The molecule has 8 heteroatoms. The van der Waals surface area contributed by atoms with Crippen LogP contribution < -0.4 is 10.0 Å². The number of nitrogens with one attached hydrogen (secondary N) is 3. The molecule has 1 aromatic carbocycles. The summed E-state index contributed by atoms with van der Waals surface area (Å²) in [5, 5.41) is 3.65. The molecule has 114 valence electrons. The van der Waals surface area contributed by atoms with Crippen LogP contribution in [-0.2, 0) is 16.6 Å². The summed E-state index contributed by atoms with van der Waals surface area (Å²) in [7, 11) is -3.62. The van der Waals surface area contributed by atoms with E-state index in [-0.39, 0.29) is 4.90 Å². The van der Waals surface area contributed by atoms with E-state index >= 15 is 0 Å². The Bertz CT molecular complexity index is 731. The minimum absolute atomic E-state index is 0.196. The van der Waals surface area contributed by atoms with Crippen molar-refractivity contribution in [3.63, 3.8) is 0 Å². The first-order valence-corrected chi connectivity index (χ1v) is 8.93. The normalized spacial score (nSPS) is 11.6. The number of aromatic nitrogens is 1. The van der Waals surface area contributed by atoms with Gasteiger partial charge in [-0.25, -0.2) is 8.42 Å². The number of rotatable bonds is 6. The van der Waals surface area contributed by atoms with E-state index in [4.69, 9.17) is 11.6 Å². The molecular weight excluding hydrogens is 378 g/mol. The lowest BCUT2D eigenvalue weighted by molar-refractivity contribution is 0.601. The lowest BCUT2D eigenvalue weighted by Gasteiger charge is -2.07. The maximum atomic E-state index is 12.3. The fourth-order valence-electron chi connectivity index (χ4n) is 1.71. The van der Waals surface area contributed by atoms with Crippen LogP contribution in [0.5, 0.6) is 0 Å². The van der Waals surface area contributed by atoms with Gasteiger partial charge in [0.25, 0.3) is 10.0 Å². The third kappa shape index (κ3) is 4.23. The second kappa shape index (κ2) is 6.83. The molecule has 1 aromatic heterocycles. The van der Waals surface area contributed by atoms with Crippen molar-refractivity contribution in [2.24, 2.45) is 0 Å². The average molecular weight is 393 g/mol. The van der Waals surface area contributed by atoms with E-state index in [2.05, 4.69) is 31.0 Å². The second-order valence-electron chi connectivity index (χ2n) is 4.38. The molecule has 0 amide bonds. The van der Waals surface area contributed by atoms with E-state index in [9.17, 15) is 8.42 Å². The van der Waals surface area contributed by atoms with Crippen molar-refractivity contribution in [1.82, 2.24) is 10.3 Å². The summed E-state index contributed by atoms with van der Waals surface area (Å²) in [6.45, 7) is 3.40. The number of anilines is 1. The molecule has 1 heterocycles. The van der Waals surface area contributed by atoms with Gasteiger partial charge < -0.3 is 10.3 Å². The van der Waals surface area contributed by atoms with Gasteiger partial charge in [-0.1, -0.05) is 18.5 Å². The van der Waals surface area contributed by atoms with Gasteiger partial charge in [0.05, 0.1) is 10.7 Å². The highest BCUT2D eigenvalue weighted by atomic mass is 79.9. The fraction of sp³-hybridized carbons (Fsp3) is 0.231. The summed E-state index contributed by atoms with van der Waals surface area (Å²) in [5.74, 6) is 0. The minimum Gasteiger partial charge on any atom is -0.363 e. The van der Waals surface area contributed by atoms with Gasteiger partial charge >= 0.3 is 0 Å². The second-order valence-corrected chi connectivity index (χ2v) is 7.32. The van der Waals surface area contributed by atoms with Crippen LogP contribution in [0, 0.1) is 0 Å². The Labute approximate surface area is 137 Å². The molecule has 0 atom stereocenters. The van der Waals surface area contributed by atoms with E-state index in [0.29, 0.717) is 21.7 Å². The number of benzene rings is 1. The molecular formula is C13H15BrClN3O2S. The molecule has 0 aliphatic heterocycles. The van der Waals surface area contributed by atoms with Crippen molar-refractivity contribution < 1.29 is 8.42 Å². The number of sulfonamides is 1. The zero-order valence-electron chi connectivity index (χ0n) is 11.3. The predicted molar refractivity (Wildman–Crippen MR) is 88.1 cm³/mol. The summed E-state index contributed by atoms with van der Waals surface area (Å²) in [6.07, 6.45) is 1.47. The molecule has 0 bridgehead atoms. The molecule has 3 N–H and O–H groups in total. The SMILES string of the molecule is CCNCc1cc(S(=O)(=O)Nc2ccc(Cl)c(Br)c2)c[nH]1. The maximum absolute atomic E-state index is 12.3. The largest absolute Gasteiger partial charge is 0.363 e. The molecule has 2 aromatic rings. The topological polar surface area (TPSA) is 74.0 Å². The van der Waals surface area contributed by atoms with E-state index in [1.807, 2.05) is 6.92 Å². The van der Waals surface area contributed by atoms with Crippen LogP contribution in [0.2, 0.25) is 5.02 Å². The van der Waals surface area contributed by atoms with Gasteiger partial charge in [-0.3, -0.25) is 4.72 Å². The molecule has 2 rings (SSSR count). The van der Waals surface area contributed by atoms with Gasteiger partial charge in [-0.05, 0) is 46.7 Å². The van der Waals surface area contributed by atoms with E-state index < -0.39 is 10.0 Å². The summed E-state index contributed by atoms with van der Waals surface area (Å²) < 4.78 is 27.7. The molecule has 0 fully saturated rings. The number of aromatic amines is 1. The Morgan fingerprint density at radius 2 is 2.10 bits per heavy atom. The van der Waals surface area contributed by atoms with Crippen LogP contribution in [0.4, 0.5) is 5.69 Å². The monoisotopic (exact) mass is 391 g/mol. The summed E-state index contributed by atoms with van der Waals surface area (Å²) in [6, 6.07) is 6.45. The molecule has 0 radical (unpaired) electrons. The number of hydrogen-bond acceptors (Lipinski definition) is 3. The van der Waals surface area contributed by atoms with Crippen molar-refractivity contribution in [2.45, 2.75) is 18.4 Å². The van der Waals surface area contributed by atoms with E-state index in [1.165, 1.54) is 6.20 Å². The van der Waals surface area contributed by atoms with Gasteiger partial charge in [0.2, 0.25) is 0 Å². The summed E-state index contributed by atoms with van der Waals surface area (Å²) in [4.78, 5) is 3.14. The van der Waals surface area contributed by atoms with Crippen LogP contribution in [-0.4, -0.2) is 19.9 Å². The molecule has 0 unspecified atom stereocenters. The molecule has 0 saturated heterocycles. The highest BCUT2D eigenvalue weighted by Gasteiger charge is 2.16. The van der Waals surface area contributed by atoms with E-state index in [1.54, 1.807) is 24.3 Å². The van der Waals surface area contributed by atoms with Crippen LogP contribution in [0.15, 0.2) is 39.8 Å². The quantitative estimate of drug-likeness (QED) is 0.706. The van der Waals surface area contributed by atoms with Gasteiger partial charge in [-0.2, -0.15) is 0 Å². The zero-order valence-corrected chi connectivity index (χ0v) is 14.4. The third-order valence-corrected chi connectivity index (χ3v) is 5.34. The maximum Gasteiger partial charge on any atom is 0.263 e. The first kappa shape index (κ1) is 16.4. The predicted octanol–water partition coefficient (Wildman–Crippen LogP) is 3.34. The fourth-order valence-corrected chi connectivity index (χ4v) is 3.27. The first-order valence-electron chi connectivity index (χ1n) is 6.28. The van der Waals surface area contributed by atoms with Crippen LogP contribution in [0.25, 0.3) is 0 Å². The number of H-pyrrole nitrogens is 1. The third-order valence-electron chi connectivity index (χ3n) is 2.76. The van der Waals surface area contributed by atoms with Crippen molar-refractivity contribution in [3.8, 4) is 0 Å². The smallest absolute Gasteiger partial charge is 0.263 e. The Morgan fingerprint density at radius 1 is 1.33 bits per heavy atom. The summed E-state index contributed by atoms with van der Waals surface area (Å²) >= 11 is 9.15. The zero-order chi connectivity index (χ0) is 15.5. The minimum atomic E-state index is -3.62. The van der Waals surface area contributed by atoms with Crippen LogP contribution in [0.3, 0.4) is 0 Å². The van der Waals surface area contributed by atoms with Gasteiger partial charge in [0, 0.05) is 22.9 Å². The van der Waals surface area contributed by atoms with Crippen LogP contribution in [0.1, 0.15) is 12.6 Å². The standard InChI is InChI=1S/C13H15BrClN3O2S/c1-2-16-7-10-5-11(8-17-10)21(19,20)18-9-3-4-13(15)12(14)6-9/h3-6,8,16-18H,2,7H2,1H3. The summed E-state index contributed by atoms with van der Waals surface area (Å²) in [5.41, 5.74) is 1.26. The Kier molecular flexibility index (Phi) is 5.32. The van der Waals surface area contributed by atoms with Crippen LogP contribution >= 0.6 is 27.5 Å². The Morgan fingerprint density at radius 3 is 2.76 bits per heavy atom. The van der Waals surface area contributed by atoms with Crippen molar-refractivity contribution >= 4 is 43.2 Å². The molecule has 0 spiro atoms. The van der Waals surface area contributed by atoms with Crippen molar-refractivity contribution in [1.29, 1.82) is 0 Å². The van der Waals surface area contributed by atoms with Gasteiger partial charge in [-0.15, -0.1) is 0 Å². The molecule has 0 saturated carbocycles. The number of hydrogen-bond donors (Lipinski definition) is 3. The molecule has 5 nitrogen and oxygen atoms in total. The Hall–Kier alpha value is -1.02. The molecule has 0 aliphatic carbocycles. The van der Waals surface area contributed by atoms with Crippen molar-refractivity contribution in [2.75, 3.05) is 11.3 Å². The molecule has 0 aliphatic rings. The highest BCUT2D eigenvalue weighted by molar-refractivity contribution is 9.10. The average Bonchev–Trinajstić information content (AvgIpc) is 2.90. The van der Waals surface area contributed by atoms with Gasteiger partial charge in [0.1, 0.15) is 4.90 Å². The van der Waals surface area contributed by atoms with Gasteiger partial charge in [0.15, 0.2) is 0 Å². The Balaban J connectivity index is 2.17. The van der Waals surface area contributed by atoms with Crippen molar-refractivity contribution in [3.05, 3.63) is 45.7 Å². The highest BCUT2D eigenvalue weighted by Crippen LogP contribution is 2.27. The number of halogens is 2.